The Hall–Kier alpha value is -0.0800. The summed E-state index contributed by atoms with van der Waals surface area (Å²) in [5.74, 6) is 1.94. The molecule has 0 amide bonds. The largest absolute Gasteiger partial charge is 0.393 e. The number of rotatable bonds is 1. The summed E-state index contributed by atoms with van der Waals surface area (Å²) < 4.78 is 5.69. The third-order valence-corrected chi connectivity index (χ3v) is 4.60. The maximum absolute atomic E-state index is 9.98. The minimum atomic E-state index is -0.0141. The molecule has 2 atom stereocenters. The van der Waals surface area contributed by atoms with Gasteiger partial charge in [-0.25, -0.2) is 0 Å². The van der Waals surface area contributed by atoms with Crippen molar-refractivity contribution >= 4 is 0 Å². The highest BCUT2D eigenvalue weighted by Gasteiger charge is 2.55. The lowest BCUT2D eigenvalue weighted by atomic mass is 9.53. The van der Waals surface area contributed by atoms with Gasteiger partial charge in [0.05, 0.1) is 11.7 Å². The molecule has 0 spiro atoms. The van der Waals surface area contributed by atoms with Crippen molar-refractivity contribution in [3.63, 3.8) is 0 Å². The molecule has 4 fully saturated rings. The molecule has 2 nitrogen and oxygen atoms in total. The third-order valence-electron chi connectivity index (χ3n) is 4.60. The van der Waals surface area contributed by atoms with E-state index in [9.17, 15) is 5.11 Å². The molecule has 4 aliphatic rings. The SMILES string of the molecule is COC12CC3CC(C1)C(O)C(C3)C2. The quantitative estimate of drug-likeness (QED) is 0.667. The van der Waals surface area contributed by atoms with Gasteiger partial charge in [-0.05, 0) is 49.9 Å². The summed E-state index contributed by atoms with van der Waals surface area (Å²) >= 11 is 0. The molecule has 2 unspecified atom stereocenters. The average molecular weight is 182 g/mol. The fourth-order valence-electron chi connectivity index (χ4n) is 4.17. The Balaban J connectivity index is 1.92. The van der Waals surface area contributed by atoms with Gasteiger partial charge in [0.25, 0.3) is 0 Å². The van der Waals surface area contributed by atoms with Crippen LogP contribution in [0.4, 0.5) is 0 Å². The second-order valence-corrected chi connectivity index (χ2v) is 5.35. The Kier molecular flexibility index (Phi) is 1.58. The summed E-state index contributed by atoms with van der Waals surface area (Å²) in [5, 5.41) is 9.98. The molecule has 0 saturated heterocycles. The number of aliphatic hydroxyl groups excluding tert-OH is 1. The minimum Gasteiger partial charge on any atom is -0.393 e. The molecule has 1 N–H and O–H groups in total. The van der Waals surface area contributed by atoms with Crippen LogP contribution in [0.2, 0.25) is 0 Å². The van der Waals surface area contributed by atoms with Gasteiger partial charge in [0, 0.05) is 7.11 Å². The number of hydrogen-bond acceptors (Lipinski definition) is 2. The second-order valence-electron chi connectivity index (χ2n) is 5.35. The van der Waals surface area contributed by atoms with Gasteiger partial charge in [-0.3, -0.25) is 0 Å². The van der Waals surface area contributed by atoms with Crippen LogP contribution >= 0.6 is 0 Å². The van der Waals surface area contributed by atoms with E-state index < -0.39 is 0 Å². The predicted molar refractivity (Wildman–Crippen MR) is 49.3 cm³/mol. The lowest BCUT2D eigenvalue weighted by molar-refractivity contribution is -0.188. The van der Waals surface area contributed by atoms with Crippen molar-refractivity contribution in [3.05, 3.63) is 0 Å². The Labute approximate surface area is 79.3 Å². The van der Waals surface area contributed by atoms with Crippen LogP contribution in [0.1, 0.15) is 32.1 Å². The van der Waals surface area contributed by atoms with Gasteiger partial charge in [0.1, 0.15) is 0 Å². The zero-order valence-electron chi connectivity index (χ0n) is 8.20. The maximum Gasteiger partial charge on any atom is 0.0688 e. The van der Waals surface area contributed by atoms with Gasteiger partial charge in [-0.1, -0.05) is 0 Å². The molecule has 0 aliphatic heterocycles. The summed E-state index contributed by atoms with van der Waals surface area (Å²) in [4.78, 5) is 0. The molecule has 4 rings (SSSR count). The summed E-state index contributed by atoms with van der Waals surface area (Å²) in [7, 11) is 1.85. The van der Waals surface area contributed by atoms with Crippen LogP contribution in [-0.2, 0) is 4.74 Å². The molecular formula is C11H18O2. The molecule has 13 heavy (non-hydrogen) atoms. The van der Waals surface area contributed by atoms with E-state index in [1.807, 2.05) is 7.11 Å². The molecule has 0 heterocycles. The first kappa shape index (κ1) is 8.25. The molecular weight excluding hydrogens is 164 g/mol. The van der Waals surface area contributed by atoms with Crippen molar-refractivity contribution in [2.45, 2.75) is 43.8 Å². The highest BCUT2D eigenvalue weighted by atomic mass is 16.5. The van der Waals surface area contributed by atoms with E-state index in [0.717, 1.165) is 18.8 Å². The second kappa shape index (κ2) is 2.48. The van der Waals surface area contributed by atoms with Crippen LogP contribution in [0.3, 0.4) is 0 Å². The van der Waals surface area contributed by atoms with Crippen molar-refractivity contribution in [3.8, 4) is 0 Å². The Morgan fingerprint density at radius 3 is 2.31 bits per heavy atom. The predicted octanol–water partition coefficient (Wildman–Crippen LogP) is 1.57. The van der Waals surface area contributed by atoms with E-state index in [0.29, 0.717) is 11.8 Å². The standard InChI is InChI=1S/C11H18O2/c1-13-11-4-7-2-8(5-11)10(12)9(3-7)6-11/h7-10,12H,2-6H2,1H3. The summed E-state index contributed by atoms with van der Waals surface area (Å²) in [6.07, 6.45) is 5.96. The summed E-state index contributed by atoms with van der Waals surface area (Å²) in [6.45, 7) is 0. The topological polar surface area (TPSA) is 29.5 Å². The average Bonchev–Trinajstić information content (AvgIpc) is 2.13. The normalized spacial score (nSPS) is 58.6. The zero-order chi connectivity index (χ0) is 9.05. The Bertz CT molecular complexity index is 210. The van der Waals surface area contributed by atoms with Crippen molar-refractivity contribution in [2.24, 2.45) is 17.8 Å². The molecule has 0 radical (unpaired) electrons. The number of hydrogen-bond donors (Lipinski definition) is 1. The van der Waals surface area contributed by atoms with E-state index in [1.54, 1.807) is 0 Å². The smallest absolute Gasteiger partial charge is 0.0688 e. The van der Waals surface area contributed by atoms with Crippen LogP contribution in [0, 0.1) is 17.8 Å². The summed E-state index contributed by atoms with van der Waals surface area (Å²) in [5.41, 5.74) is 0.162. The first-order valence-electron chi connectivity index (χ1n) is 5.46. The van der Waals surface area contributed by atoms with Crippen molar-refractivity contribution in [1.82, 2.24) is 0 Å². The van der Waals surface area contributed by atoms with E-state index in [1.165, 1.54) is 19.3 Å². The molecule has 0 aromatic rings. The van der Waals surface area contributed by atoms with Gasteiger partial charge >= 0.3 is 0 Å². The van der Waals surface area contributed by atoms with E-state index in [-0.39, 0.29) is 11.7 Å². The number of methoxy groups -OCH3 is 1. The highest BCUT2D eigenvalue weighted by molar-refractivity contribution is 5.06. The van der Waals surface area contributed by atoms with Crippen LogP contribution in [0.15, 0.2) is 0 Å². The highest BCUT2D eigenvalue weighted by Crippen LogP contribution is 2.56. The van der Waals surface area contributed by atoms with Crippen LogP contribution in [-0.4, -0.2) is 23.9 Å². The fraction of sp³-hybridized carbons (Fsp3) is 1.00. The fourth-order valence-corrected chi connectivity index (χ4v) is 4.17. The van der Waals surface area contributed by atoms with Crippen LogP contribution in [0.25, 0.3) is 0 Å². The van der Waals surface area contributed by atoms with Gasteiger partial charge in [0.2, 0.25) is 0 Å². The molecule has 4 bridgehead atoms. The lowest BCUT2D eigenvalue weighted by Crippen LogP contribution is -2.57. The molecule has 4 saturated carbocycles. The van der Waals surface area contributed by atoms with Gasteiger partial charge in [-0.15, -0.1) is 0 Å². The molecule has 0 aromatic heterocycles. The summed E-state index contributed by atoms with van der Waals surface area (Å²) in [6, 6.07) is 0. The van der Waals surface area contributed by atoms with E-state index in [2.05, 4.69) is 0 Å². The zero-order valence-corrected chi connectivity index (χ0v) is 8.20. The van der Waals surface area contributed by atoms with Crippen molar-refractivity contribution < 1.29 is 9.84 Å². The number of aliphatic hydroxyl groups is 1. The first-order chi connectivity index (χ1) is 6.22. The number of ether oxygens (including phenoxy) is 1. The Morgan fingerprint density at radius 1 is 1.15 bits per heavy atom. The lowest BCUT2D eigenvalue weighted by Gasteiger charge is -2.57. The van der Waals surface area contributed by atoms with Gasteiger partial charge in [-0.2, -0.15) is 0 Å². The molecule has 2 heteroatoms. The Morgan fingerprint density at radius 2 is 1.77 bits per heavy atom. The van der Waals surface area contributed by atoms with Crippen molar-refractivity contribution in [2.75, 3.05) is 7.11 Å². The molecule has 0 aromatic carbocycles. The maximum atomic E-state index is 9.98. The third kappa shape index (κ3) is 1.02. The van der Waals surface area contributed by atoms with E-state index in [4.69, 9.17) is 4.74 Å². The van der Waals surface area contributed by atoms with Gasteiger partial charge < -0.3 is 9.84 Å². The molecule has 4 aliphatic carbocycles. The van der Waals surface area contributed by atoms with Crippen LogP contribution in [0.5, 0.6) is 0 Å². The van der Waals surface area contributed by atoms with Crippen LogP contribution < -0.4 is 0 Å². The first-order valence-corrected chi connectivity index (χ1v) is 5.46. The van der Waals surface area contributed by atoms with Gasteiger partial charge in [0.15, 0.2) is 0 Å². The molecule has 74 valence electrons. The monoisotopic (exact) mass is 182 g/mol. The van der Waals surface area contributed by atoms with E-state index >= 15 is 0 Å². The van der Waals surface area contributed by atoms with Crippen molar-refractivity contribution in [1.29, 1.82) is 0 Å². The minimum absolute atomic E-state index is 0.0141.